The minimum absolute atomic E-state index is 0.195. The molecule has 0 aromatic heterocycles. The fraction of sp³-hybridized carbons (Fsp3) is 0.130. The Bertz CT molecular complexity index is 956. The second-order valence-corrected chi connectivity index (χ2v) is 6.41. The van der Waals surface area contributed by atoms with Gasteiger partial charge in [0, 0.05) is 5.56 Å². The van der Waals surface area contributed by atoms with Crippen LogP contribution in [0, 0.1) is 6.92 Å². The van der Waals surface area contributed by atoms with Crippen molar-refractivity contribution in [2.45, 2.75) is 13.5 Å². The summed E-state index contributed by atoms with van der Waals surface area (Å²) in [7, 11) is 0. The van der Waals surface area contributed by atoms with Crippen molar-refractivity contribution >= 4 is 11.8 Å². The van der Waals surface area contributed by atoms with Crippen molar-refractivity contribution in [3.8, 4) is 11.5 Å². The largest absolute Gasteiger partial charge is 0.489 e. The molecule has 6 heteroatoms. The summed E-state index contributed by atoms with van der Waals surface area (Å²) >= 11 is 0. The molecule has 0 fully saturated rings. The molecular formula is C23H22N2O4. The average Bonchev–Trinajstić information content (AvgIpc) is 2.76. The van der Waals surface area contributed by atoms with Crippen LogP contribution in [0.15, 0.2) is 78.9 Å². The zero-order valence-corrected chi connectivity index (χ0v) is 16.1. The van der Waals surface area contributed by atoms with Crippen LogP contribution in [0.3, 0.4) is 0 Å². The molecule has 0 unspecified atom stereocenters. The number of benzene rings is 3. The van der Waals surface area contributed by atoms with Gasteiger partial charge in [0.25, 0.3) is 11.8 Å². The van der Waals surface area contributed by atoms with E-state index in [4.69, 9.17) is 9.47 Å². The van der Waals surface area contributed by atoms with Gasteiger partial charge in [-0.15, -0.1) is 0 Å². The summed E-state index contributed by atoms with van der Waals surface area (Å²) in [6.07, 6.45) is 0. The quantitative estimate of drug-likeness (QED) is 0.606. The highest BCUT2D eigenvalue weighted by Crippen LogP contribution is 2.13. The summed E-state index contributed by atoms with van der Waals surface area (Å²) in [6.45, 7) is 2.14. The maximum Gasteiger partial charge on any atom is 0.276 e. The fourth-order valence-corrected chi connectivity index (χ4v) is 2.52. The maximum atomic E-state index is 12.2. The summed E-state index contributed by atoms with van der Waals surface area (Å²) < 4.78 is 11.1. The Morgan fingerprint density at radius 1 is 0.793 bits per heavy atom. The predicted molar refractivity (Wildman–Crippen MR) is 109 cm³/mol. The van der Waals surface area contributed by atoms with Gasteiger partial charge in [0.2, 0.25) is 0 Å². The topological polar surface area (TPSA) is 76.7 Å². The second-order valence-electron chi connectivity index (χ2n) is 6.41. The lowest BCUT2D eigenvalue weighted by atomic mass is 10.1. The Morgan fingerprint density at radius 3 is 2.24 bits per heavy atom. The molecule has 0 aliphatic rings. The minimum atomic E-state index is -0.451. The first-order valence-corrected chi connectivity index (χ1v) is 9.15. The highest BCUT2D eigenvalue weighted by Gasteiger charge is 2.08. The van der Waals surface area contributed by atoms with E-state index in [1.807, 2.05) is 55.5 Å². The number of amides is 2. The molecule has 0 aliphatic heterocycles. The molecule has 0 aliphatic carbocycles. The molecule has 3 aromatic carbocycles. The normalized spacial score (nSPS) is 10.1. The van der Waals surface area contributed by atoms with E-state index in [1.165, 1.54) is 0 Å². The van der Waals surface area contributed by atoms with Crippen LogP contribution in [0.5, 0.6) is 11.5 Å². The number of hydrogen-bond acceptors (Lipinski definition) is 4. The van der Waals surface area contributed by atoms with E-state index in [0.29, 0.717) is 17.9 Å². The molecule has 148 valence electrons. The van der Waals surface area contributed by atoms with Crippen LogP contribution in [0.1, 0.15) is 21.5 Å². The number of carbonyl (C=O) groups is 2. The van der Waals surface area contributed by atoms with Crippen molar-refractivity contribution in [2.24, 2.45) is 0 Å². The lowest BCUT2D eigenvalue weighted by molar-refractivity contribution is -0.123. The van der Waals surface area contributed by atoms with Crippen molar-refractivity contribution in [2.75, 3.05) is 6.61 Å². The lowest BCUT2D eigenvalue weighted by Gasteiger charge is -2.10. The second kappa shape index (κ2) is 9.94. The van der Waals surface area contributed by atoms with E-state index >= 15 is 0 Å². The van der Waals surface area contributed by atoms with Crippen LogP contribution in [0.25, 0.3) is 0 Å². The van der Waals surface area contributed by atoms with Gasteiger partial charge in [-0.2, -0.15) is 0 Å². The Labute approximate surface area is 169 Å². The van der Waals surface area contributed by atoms with Gasteiger partial charge < -0.3 is 9.47 Å². The van der Waals surface area contributed by atoms with Crippen molar-refractivity contribution < 1.29 is 19.1 Å². The number of rotatable bonds is 7. The van der Waals surface area contributed by atoms with E-state index in [2.05, 4.69) is 10.9 Å². The highest BCUT2D eigenvalue weighted by molar-refractivity contribution is 5.95. The van der Waals surface area contributed by atoms with Crippen molar-refractivity contribution in [3.05, 3.63) is 95.6 Å². The average molecular weight is 390 g/mol. The van der Waals surface area contributed by atoms with Crippen LogP contribution in [0.4, 0.5) is 0 Å². The van der Waals surface area contributed by atoms with E-state index in [1.54, 1.807) is 30.3 Å². The number of para-hydroxylation sites is 1. The minimum Gasteiger partial charge on any atom is -0.489 e. The van der Waals surface area contributed by atoms with Gasteiger partial charge in [-0.3, -0.25) is 20.4 Å². The Hall–Kier alpha value is -3.80. The SMILES string of the molecule is Cc1cccc(OCC(=O)NNC(=O)c2ccc(COc3ccccc3)cc2)c1. The molecule has 2 N–H and O–H groups in total. The smallest absolute Gasteiger partial charge is 0.276 e. The van der Waals surface area contributed by atoms with Crippen LogP contribution >= 0.6 is 0 Å². The van der Waals surface area contributed by atoms with E-state index in [0.717, 1.165) is 16.9 Å². The third-order valence-electron chi connectivity index (χ3n) is 4.04. The highest BCUT2D eigenvalue weighted by atomic mass is 16.5. The van der Waals surface area contributed by atoms with Gasteiger partial charge in [0.1, 0.15) is 18.1 Å². The first-order valence-electron chi connectivity index (χ1n) is 9.15. The molecule has 0 bridgehead atoms. The Morgan fingerprint density at radius 2 is 1.52 bits per heavy atom. The van der Waals surface area contributed by atoms with Crippen LogP contribution in [0.2, 0.25) is 0 Å². The van der Waals surface area contributed by atoms with Crippen molar-refractivity contribution in [1.82, 2.24) is 10.9 Å². The molecule has 0 saturated heterocycles. The van der Waals surface area contributed by atoms with Gasteiger partial charge in [-0.05, 0) is 54.4 Å². The van der Waals surface area contributed by atoms with Crippen LogP contribution < -0.4 is 20.3 Å². The number of hydrogen-bond donors (Lipinski definition) is 2. The van der Waals surface area contributed by atoms with Crippen molar-refractivity contribution in [3.63, 3.8) is 0 Å². The van der Waals surface area contributed by atoms with E-state index in [-0.39, 0.29) is 6.61 Å². The molecule has 6 nitrogen and oxygen atoms in total. The van der Waals surface area contributed by atoms with Crippen molar-refractivity contribution in [1.29, 1.82) is 0 Å². The van der Waals surface area contributed by atoms with Gasteiger partial charge in [-0.1, -0.05) is 42.5 Å². The van der Waals surface area contributed by atoms with Crippen LogP contribution in [-0.4, -0.2) is 18.4 Å². The third kappa shape index (κ3) is 6.39. The first kappa shape index (κ1) is 19.9. The van der Waals surface area contributed by atoms with Gasteiger partial charge in [-0.25, -0.2) is 0 Å². The number of nitrogens with one attached hydrogen (secondary N) is 2. The summed E-state index contributed by atoms with van der Waals surface area (Å²) in [6, 6.07) is 23.8. The molecule has 0 saturated carbocycles. The number of carbonyl (C=O) groups excluding carboxylic acids is 2. The molecule has 0 radical (unpaired) electrons. The summed E-state index contributed by atoms with van der Waals surface area (Å²) in [5, 5.41) is 0. The van der Waals surface area contributed by atoms with E-state index < -0.39 is 11.8 Å². The zero-order valence-electron chi connectivity index (χ0n) is 16.1. The third-order valence-corrected chi connectivity index (χ3v) is 4.04. The number of ether oxygens (including phenoxy) is 2. The summed E-state index contributed by atoms with van der Waals surface area (Å²) in [5.41, 5.74) is 7.10. The Kier molecular flexibility index (Phi) is 6.84. The predicted octanol–water partition coefficient (Wildman–Crippen LogP) is 3.41. The molecular weight excluding hydrogens is 368 g/mol. The molecule has 3 aromatic rings. The first-order chi connectivity index (χ1) is 14.1. The summed E-state index contributed by atoms with van der Waals surface area (Å²) in [5.74, 6) is 0.516. The molecule has 2 amide bonds. The molecule has 0 spiro atoms. The standard InChI is InChI=1S/C23H22N2O4/c1-17-6-5-9-21(14-17)29-16-22(26)24-25-23(27)19-12-10-18(11-13-19)15-28-20-7-3-2-4-8-20/h2-14H,15-16H2,1H3,(H,24,26)(H,25,27). The van der Waals surface area contributed by atoms with Gasteiger partial charge in [0.05, 0.1) is 0 Å². The number of hydrazine groups is 1. The lowest BCUT2D eigenvalue weighted by Crippen LogP contribution is -2.43. The van der Waals surface area contributed by atoms with Gasteiger partial charge in [0.15, 0.2) is 6.61 Å². The van der Waals surface area contributed by atoms with Gasteiger partial charge >= 0.3 is 0 Å². The molecule has 3 rings (SSSR count). The number of aryl methyl sites for hydroxylation is 1. The maximum absolute atomic E-state index is 12.2. The molecule has 0 atom stereocenters. The zero-order chi connectivity index (χ0) is 20.5. The summed E-state index contributed by atoms with van der Waals surface area (Å²) in [4.78, 5) is 24.0. The van der Waals surface area contributed by atoms with E-state index in [9.17, 15) is 9.59 Å². The monoisotopic (exact) mass is 390 g/mol. The molecule has 29 heavy (non-hydrogen) atoms. The molecule has 0 heterocycles. The van der Waals surface area contributed by atoms with Crippen LogP contribution in [-0.2, 0) is 11.4 Å². The fourth-order valence-electron chi connectivity index (χ4n) is 2.52. The Balaban J connectivity index is 1.42.